The second-order valence-corrected chi connectivity index (χ2v) is 13.6. The Labute approximate surface area is 329 Å². The van der Waals surface area contributed by atoms with Gasteiger partial charge in [-0.3, -0.25) is 9.59 Å². The first-order chi connectivity index (χ1) is 27.3. The van der Waals surface area contributed by atoms with E-state index < -0.39 is 11.9 Å². The van der Waals surface area contributed by atoms with Crippen LogP contribution in [0.15, 0.2) is 131 Å². The van der Waals surface area contributed by atoms with E-state index in [2.05, 4.69) is 13.8 Å². The van der Waals surface area contributed by atoms with Crippen LogP contribution >= 0.6 is 0 Å². The van der Waals surface area contributed by atoms with Gasteiger partial charge < -0.3 is 19.3 Å². The largest absolute Gasteiger partial charge is 0.462 e. The number of carbonyl (C=O) groups excluding carboxylic acids is 4. The molecule has 6 rings (SSSR count). The van der Waals surface area contributed by atoms with Crippen LogP contribution in [0.4, 0.5) is 0 Å². The molecule has 8 nitrogen and oxygen atoms in total. The quantitative estimate of drug-likeness (QED) is 0.0889. The molecule has 0 atom stereocenters. The highest BCUT2D eigenvalue weighted by atomic mass is 16.5. The summed E-state index contributed by atoms with van der Waals surface area (Å²) < 4.78 is 11.0. The zero-order chi connectivity index (χ0) is 39.6. The van der Waals surface area contributed by atoms with Crippen molar-refractivity contribution in [2.24, 2.45) is 0 Å². The first-order valence-electron chi connectivity index (χ1n) is 19.5. The highest BCUT2D eigenvalue weighted by Crippen LogP contribution is 2.40. The lowest BCUT2D eigenvalue weighted by Crippen LogP contribution is -2.26. The monoisotopic (exact) mass is 748 g/mol. The fourth-order valence-electron chi connectivity index (χ4n) is 7.05. The molecule has 8 heteroatoms. The maximum absolute atomic E-state index is 14.0. The number of esters is 2. The molecule has 0 fully saturated rings. The molecule has 4 aromatic rings. The normalized spacial score (nSPS) is 15.8. The average Bonchev–Trinajstić information content (AvgIpc) is 3.66. The number of nitrogens with zero attached hydrogens (tertiary/aromatic N) is 2. The number of benzene rings is 4. The van der Waals surface area contributed by atoms with Crippen molar-refractivity contribution in [1.29, 1.82) is 0 Å². The third-order valence-corrected chi connectivity index (χ3v) is 9.80. The Morgan fingerprint density at radius 3 is 1.18 bits per heavy atom. The van der Waals surface area contributed by atoms with E-state index in [4.69, 9.17) is 9.47 Å². The Morgan fingerprint density at radius 2 is 0.857 bits per heavy atom. The molecule has 286 valence electrons. The third-order valence-electron chi connectivity index (χ3n) is 9.80. The molecule has 56 heavy (non-hydrogen) atoms. The summed E-state index contributed by atoms with van der Waals surface area (Å²) in [7, 11) is 0. The molecule has 0 unspecified atom stereocenters. The van der Waals surface area contributed by atoms with E-state index in [1.54, 1.807) is 35.8 Å². The van der Waals surface area contributed by atoms with Crippen molar-refractivity contribution >= 4 is 47.3 Å². The van der Waals surface area contributed by atoms with Crippen molar-refractivity contribution in [1.82, 2.24) is 9.80 Å². The van der Waals surface area contributed by atoms with Crippen molar-refractivity contribution < 1.29 is 28.7 Å². The van der Waals surface area contributed by atoms with E-state index in [0.717, 1.165) is 59.1 Å². The predicted octanol–water partition coefficient (Wildman–Crippen LogP) is 9.35. The molecular formula is C48H48N2O6. The molecule has 0 bridgehead atoms. The number of hydrogen-bond donors (Lipinski definition) is 0. The van der Waals surface area contributed by atoms with E-state index in [-0.39, 0.29) is 36.2 Å². The first kappa shape index (κ1) is 39.4. The molecule has 0 aliphatic carbocycles. The molecular weight excluding hydrogens is 701 g/mol. The molecule has 0 spiro atoms. The highest BCUT2D eigenvalue weighted by molar-refractivity contribution is 6.24. The summed E-state index contributed by atoms with van der Waals surface area (Å²) in [6, 6.07) is 34.6. The molecule has 0 radical (unpaired) electrons. The summed E-state index contributed by atoms with van der Waals surface area (Å²) in [6.07, 6.45) is 6.92. The second kappa shape index (κ2) is 18.4. The number of carbonyl (C=O) groups is 4. The second-order valence-electron chi connectivity index (χ2n) is 13.6. The smallest absolute Gasteiger partial charge is 0.341 e. The maximum atomic E-state index is 14.0. The van der Waals surface area contributed by atoms with Gasteiger partial charge in [-0.1, -0.05) is 136 Å². The van der Waals surface area contributed by atoms with Gasteiger partial charge >= 0.3 is 11.9 Å². The van der Waals surface area contributed by atoms with Crippen LogP contribution in [-0.4, -0.2) is 59.9 Å². The summed E-state index contributed by atoms with van der Waals surface area (Å²) in [5.74, 6) is -1.49. The van der Waals surface area contributed by atoms with Gasteiger partial charge in [-0.15, -0.1) is 0 Å². The van der Waals surface area contributed by atoms with Crippen LogP contribution in [0.3, 0.4) is 0 Å². The van der Waals surface area contributed by atoms with E-state index in [9.17, 15) is 19.2 Å². The molecule has 0 N–H and O–H groups in total. The minimum Gasteiger partial charge on any atom is -0.462 e. The van der Waals surface area contributed by atoms with Gasteiger partial charge in [0.15, 0.2) is 0 Å². The van der Waals surface area contributed by atoms with Gasteiger partial charge in [0.2, 0.25) is 0 Å². The molecule has 2 aliphatic rings. The Balaban J connectivity index is 1.32. The SMILES string of the molecule is CCCCN1C(=O)/C(=C\c2ccc(-c3ccc(/C=C4\C(=O)N(CCCC)C(c5ccccc5)=C4C(=O)OCC)cc3)cc2)C(C(=O)OCC)=C1c1ccccc1. The van der Waals surface area contributed by atoms with E-state index in [1.165, 1.54) is 0 Å². The first-order valence-corrected chi connectivity index (χ1v) is 19.5. The van der Waals surface area contributed by atoms with Gasteiger partial charge in [0, 0.05) is 13.1 Å². The van der Waals surface area contributed by atoms with Gasteiger partial charge in [-0.2, -0.15) is 0 Å². The van der Waals surface area contributed by atoms with E-state index in [1.807, 2.05) is 109 Å². The molecule has 2 heterocycles. The van der Waals surface area contributed by atoms with Crippen LogP contribution in [0.5, 0.6) is 0 Å². The lowest BCUT2D eigenvalue weighted by Gasteiger charge is -2.20. The van der Waals surface area contributed by atoms with Crippen molar-refractivity contribution in [3.05, 3.63) is 154 Å². The summed E-state index contributed by atoms with van der Waals surface area (Å²) >= 11 is 0. The highest BCUT2D eigenvalue weighted by Gasteiger charge is 2.41. The zero-order valence-corrected chi connectivity index (χ0v) is 32.5. The van der Waals surface area contributed by atoms with Crippen LogP contribution < -0.4 is 0 Å². The molecule has 4 aromatic carbocycles. The van der Waals surface area contributed by atoms with E-state index in [0.29, 0.717) is 35.6 Å². The molecule has 0 saturated heterocycles. The number of rotatable bonds is 15. The number of amides is 2. The lowest BCUT2D eigenvalue weighted by molar-refractivity contribution is -0.139. The summed E-state index contributed by atoms with van der Waals surface area (Å²) in [4.78, 5) is 58.3. The molecule has 2 aliphatic heterocycles. The standard InChI is InChI=1S/C48H48N2O6/c1-5-9-29-49-43(37-17-13-11-14-18-37)41(47(53)55-7-3)39(45(49)51)31-33-21-25-35(26-22-33)36-27-23-34(24-28-36)32-40-42(48(54)56-8-4)44(38-19-15-12-16-20-38)50(46(40)52)30-10-6-2/h11-28,31-32H,5-10,29-30H2,1-4H3/b39-31-,40-32-. The number of ether oxygens (including phenoxy) is 2. The summed E-state index contributed by atoms with van der Waals surface area (Å²) in [6.45, 7) is 9.02. The van der Waals surface area contributed by atoms with Crippen LogP contribution in [0.25, 0.3) is 34.7 Å². The van der Waals surface area contributed by atoms with Gasteiger partial charge in [0.1, 0.15) is 0 Å². The zero-order valence-electron chi connectivity index (χ0n) is 32.5. The summed E-state index contributed by atoms with van der Waals surface area (Å²) in [5.41, 5.74) is 7.33. The van der Waals surface area contributed by atoms with Gasteiger partial charge in [-0.05, 0) is 72.2 Å². The fourth-order valence-corrected chi connectivity index (χ4v) is 7.05. The molecule has 2 amide bonds. The fraction of sp³-hybridized carbons (Fsp3) is 0.250. The minimum atomic E-state index is -0.522. The molecule has 0 aromatic heterocycles. The van der Waals surface area contributed by atoms with Crippen LogP contribution in [-0.2, 0) is 28.7 Å². The Hall–Kier alpha value is -6.28. The maximum Gasteiger partial charge on any atom is 0.341 e. The summed E-state index contributed by atoms with van der Waals surface area (Å²) in [5, 5.41) is 0. The van der Waals surface area contributed by atoms with Crippen molar-refractivity contribution in [2.45, 2.75) is 53.4 Å². The van der Waals surface area contributed by atoms with Gasteiger partial charge in [0.05, 0.1) is 46.9 Å². The average molecular weight is 749 g/mol. The number of hydrogen-bond acceptors (Lipinski definition) is 6. The topological polar surface area (TPSA) is 93.2 Å². The predicted molar refractivity (Wildman–Crippen MR) is 221 cm³/mol. The minimum absolute atomic E-state index is 0.192. The van der Waals surface area contributed by atoms with Crippen LogP contribution in [0.2, 0.25) is 0 Å². The van der Waals surface area contributed by atoms with Gasteiger partial charge in [0.25, 0.3) is 11.8 Å². The Morgan fingerprint density at radius 1 is 0.500 bits per heavy atom. The van der Waals surface area contributed by atoms with Gasteiger partial charge in [-0.25, -0.2) is 9.59 Å². The Kier molecular flexibility index (Phi) is 12.9. The van der Waals surface area contributed by atoms with Crippen LogP contribution in [0, 0.1) is 0 Å². The van der Waals surface area contributed by atoms with Crippen molar-refractivity contribution in [3.63, 3.8) is 0 Å². The van der Waals surface area contributed by atoms with Crippen molar-refractivity contribution in [3.8, 4) is 11.1 Å². The third kappa shape index (κ3) is 8.35. The lowest BCUT2D eigenvalue weighted by atomic mass is 9.98. The Bertz CT molecular complexity index is 2040. The van der Waals surface area contributed by atoms with Crippen LogP contribution in [0.1, 0.15) is 75.6 Å². The van der Waals surface area contributed by atoms with Crippen molar-refractivity contribution in [2.75, 3.05) is 26.3 Å². The number of unbranched alkanes of at least 4 members (excludes halogenated alkanes) is 2. The molecule has 0 saturated carbocycles. The van der Waals surface area contributed by atoms with E-state index >= 15 is 0 Å².